The number of aryl methyl sites for hydroxylation is 1. The minimum Gasteiger partial charge on any atom is -0.493 e. The zero-order chi connectivity index (χ0) is 18.6. The van der Waals surface area contributed by atoms with Crippen molar-refractivity contribution in [2.45, 2.75) is 13.5 Å². The van der Waals surface area contributed by atoms with Gasteiger partial charge in [-0.25, -0.2) is 4.79 Å². The molecule has 0 aliphatic carbocycles. The molecular formula is C19H21NO5. The van der Waals surface area contributed by atoms with Gasteiger partial charge in [-0.1, -0.05) is 12.1 Å². The zero-order valence-corrected chi connectivity index (χ0v) is 14.7. The van der Waals surface area contributed by atoms with Crippen LogP contribution in [0.3, 0.4) is 0 Å². The molecule has 6 nitrogen and oxygen atoms in total. The molecule has 25 heavy (non-hydrogen) atoms. The standard InChI is InChI=1S/C19H21NO5/c1-12-9-16(24-3)17(25-4)10-15(12)18(21)20(2)11-13-5-7-14(8-6-13)19(22)23/h5-10H,11H2,1-4H3,(H,22,23). The van der Waals surface area contributed by atoms with E-state index >= 15 is 0 Å². The second-order valence-corrected chi connectivity index (χ2v) is 5.69. The van der Waals surface area contributed by atoms with Gasteiger partial charge in [-0.2, -0.15) is 0 Å². The Balaban J connectivity index is 2.20. The van der Waals surface area contributed by atoms with Gasteiger partial charge in [0.05, 0.1) is 19.8 Å². The number of carboxylic acid groups (broad SMARTS) is 1. The molecule has 0 saturated heterocycles. The second kappa shape index (κ2) is 7.70. The van der Waals surface area contributed by atoms with E-state index in [9.17, 15) is 9.59 Å². The van der Waals surface area contributed by atoms with Crippen LogP contribution in [0.25, 0.3) is 0 Å². The van der Waals surface area contributed by atoms with Gasteiger partial charge in [0.2, 0.25) is 0 Å². The van der Waals surface area contributed by atoms with E-state index in [0.29, 0.717) is 23.6 Å². The number of benzene rings is 2. The Kier molecular flexibility index (Phi) is 5.64. The van der Waals surface area contributed by atoms with E-state index in [-0.39, 0.29) is 11.5 Å². The van der Waals surface area contributed by atoms with E-state index < -0.39 is 5.97 Å². The van der Waals surface area contributed by atoms with E-state index in [1.165, 1.54) is 19.2 Å². The Morgan fingerprint density at radius 2 is 1.60 bits per heavy atom. The molecule has 1 amide bonds. The predicted octanol–water partition coefficient (Wildman–Crippen LogP) is 2.98. The Bertz CT molecular complexity index is 783. The number of ether oxygens (including phenoxy) is 2. The summed E-state index contributed by atoms with van der Waals surface area (Å²) in [6, 6.07) is 9.89. The number of hydrogen-bond acceptors (Lipinski definition) is 4. The molecule has 0 spiro atoms. The Morgan fingerprint density at radius 1 is 1.04 bits per heavy atom. The number of carbonyl (C=O) groups is 2. The average Bonchev–Trinajstić information content (AvgIpc) is 2.61. The van der Waals surface area contributed by atoms with E-state index in [2.05, 4.69) is 0 Å². The third kappa shape index (κ3) is 4.09. The molecule has 6 heteroatoms. The largest absolute Gasteiger partial charge is 0.493 e. The zero-order valence-electron chi connectivity index (χ0n) is 14.7. The summed E-state index contributed by atoms with van der Waals surface area (Å²) < 4.78 is 10.5. The van der Waals surface area contributed by atoms with Crippen LogP contribution in [-0.2, 0) is 6.54 Å². The molecule has 0 saturated carbocycles. The van der Waals surface area contributed by atoms with Gasteiger partial charge in [-0.3, -0.25) is 4.79 Å². The molecule has 2 aromatic carbocycles. The highest BCUT2D eigenvalue weighted by atomic mass is 16.5. The van der Waals surface area contributed by atoms with Crippen molar-refractivity contribution in [2.24, 2.45) is 0 Å². The van der Waals surface area contributed by atoms with Crippen LogP contribution in [0.4, 0.5) is 0 Å². The summed E-state index contributed by atoms with van der Waals surface area (Å²) in [6.07, 6.45) is 0. The minimum atomic E-state index is -0.975. The molecule has 2 rings (SSSR count). The Hall–Kier alpha value is -3.02. The molecule has 2 aromatic rings. The monoisotopic (exact) mass is 343 g/mol. The summed E-state index contributed by atoms with van der Waals surface area (Å²) in [6.45, 7) is 2.21. The quantitative estimate of drug-likeness (QED) is 0.872. The molecule has 0 unspecified atom stereocenters. The molecule has 0 fully saturated rings. The summed E-state index contributed by atoms with van der Waals surface area (Å²) in [4.78, 5) is 25.2. The van der Waals surface area contributed by atoms with Gasteiger partial charge in [0.15, 0.2) is 11.5 Å². The maximum Gasteiger partial charge on any atom is 0.335 e. The summed E-state index contributed by atoms with van der Waals surface area (Å²) in [5.74, 6) is -0.0585. The second-order valence-electron chi connectivity index (χ2n) is 5.69. The van der Waals surface area contributed by atoms with Gasteiger partial charge in [0.1, 0.15) is 0 Å². The molecule has 0 aliphatic heterocycles. The minimum absolute atomic E-state index is 0.152. The number of aromatic carboxylic acids is 1. The third-order valence-corrected chi connectivity index (χ3v) is 3.93. The SMILES string of the molecule is COc1cc(C)c(C(=O)N(C)Cc2ccc(C(=O)O)cc2)cc1OC. The van der Waals surface area contributed by atoms with E-state index in [4.69, 9.17) is 14.6 Å². The maximum absolute atomic E-state index is 12.7. The van der Waals surface area contributed by atoms with Crippen molar-refractivity contribution in [3.05, 3.63) is 58.7 Å². The van der Waals surface area contributed by atoms with Crippen LogP contribution < -0.4 is 9.47 Å². The predicted molar refractivity (Wildman–Crippen MR) is 93.5 cm³/mol. The van der Waals surface area contributed by atoms with Gasteiger partial charge in [-0.05, 0) is 42.3 Å². The number of rotatable bonds is 6. The number of methoxy groups -OCH3 is 2. The lowest BCUT2D eigenvalue weighted by atomic mass is 10.1. The summed E-state index contributed by atoms with van der Waals surface area (Å²) in [5, 5.41) is 8.93. The van der Waals surface area contributed by atoms with Crippen LogP contribution in [-0.4, -0.2) is 43.2 Å². The normalized spacial score (nSPS) is 10.2. The van der Waals surface area contributed by atoms with Crippen LogP contribution in [0, 0.1) is 6.92 Å². The lowest BCUT2D eigenvalue weighted by Gasteiger charge is -2.20. The first-order valence-electron chi connectivity index (χ1n) is 7.67. The molecule has 0 radical (unpaired) electrons. The van der Waals surface area contributed by atoms with Crippen LogP contribution in [0.5, 0.6) is 11.5 Å². The highest BCUT2D eigenvalue weighted by Crippen LogP contribution is 2.30. The first kappa shape index (κ1) is 18.3. The summed E-state index contributed by atoms with van der Waals surface area (Å²) >= 11 is 0. The van der Waals surface area contributed by atoms with Crippen molar-refractivity contribution >= 4 is 11.9 Å². The van der Waals surface area contributed by atoms with E-state index in [0.717, 1.165) is 11.1 Å². The fraction of sp³-hybridized carbons (Fsp3) is 0.263. The number of carbonyl (C=O) groups excluding carboxylic acids is 1. The number of carboxylic acids is 1. The van der Waals surface area contributed by atoms with Crippen LogP contribution in [0.15, 0.2) is 36.4 Å². The summed E-state index contributed by atoms with van der Waals surface area (Å²) in [5.41, 5.74) is 2.38. The Labute approximate surface area is 146 Å². The van der Waals surface area contributed by atoms with Crippen molar-refractivity contribution in [1.29, 1.82) is 0 Å². The highest BCUT2D eigenvalue weighted by Gasteiger charge is 2.18. The van der Waals surface area contributed by atoms with Gasteiger partial charge < -0.3 is 19.5 Å². The van der Waals surface area contributed by atoms with E-state index in [1.807, 2.05) is 6.92 Å². The fourth-order valence-corrected chi connectivity index (χ4v) is 2.52. The molecule has 0 bridgehead atoms. The number of hydrogen-bond donors (Lipinski definition) is 1. The molecule has 0 aliphatic rings. The maximum atomic E-state index is 12.7. The molecule has 0 aromatic heterocycles. The lowest BCUT2D eigenvalue weighted by Crippen LogP contribution is -2.27. The molecule has 1 N–H and O–H groups in total. The molecule has 132 valence electrons. The molecule has 0 atom stereocenters. The fourth-order valence-electron chi connectivity index (χ4n) is 2.52. The smallest absolute Gasteiger partial charge is 0.335 e. The van der Waals surface area contributed by atoms with Gasteiger partial charge in [0.25, 0.3) is 5.91 Å². The molecular weight excluding hydrogens is 322 g/mol. The lowest BCUT2D eigenvalue weighted by molar-refractivity contribution is 0.0695. The third-order valence-electron chi connectivity index (χ3n) is 3.93. The van der Waals surface area contributed by atoms with Gasteiger partial charge in [0, 0.05) is 19.2 Å². The Morgan fingerprint density at radius 3 is 2.12 bits per heavy atom. The van der Waals surface area contributed by atoms with Crippen molar-refractivity contribution in [2.75, 3.05) is 21.3 Å². The van der Waals surface area contributed by atoms with Gasteiger partial charge in [-0.15, -0.1) is 0 Å². The van der Waals surface area contributed by atoms with Crippen molar-refractivity contribution in [3.63, 3.8) is 0 Å². The first-order chi connectivity index (χ1) is 11.9. The molecule has 0 heterocycles. The first-order valence-corrected chi connectivity index (χ1v) is 7.67. The highest BCUT2D eigenvalue weighted by molar-refractivity contribution is 5.96. The van der Waals surface area contributed by atoms with E-state index in [1.54, 1.807) is 43.3 Å². The number of amides is 1. The van der Waals surface area contributed by atoms with Crippen LogP contribution >= 0.6 is 0 Å². The van der Waals surface area contributed by atoms with Gasteiger partial charge >= 0.3 is 5.97 Å². The van der Waals surface area contributed by atoms with Crippen molar-refractivity contribution in [1.82, 2.24) is 4.90 Å². The van der Waals surface area contributed by atoms with Crippen molar-refractivity contribution < 1.29 is 24.2 Å². The summed E-state index contributed by atoms with van der Waals surface area (Å²) in [7, 11) is 4.77. The number of nitrogens with zero attached hydrogens (tertiary/aromatic N) is 1. The van der Waals surface area contributed by atoms with Crippen molar-refractivity contribution in [3.8, 4) is 11.5 Å². The van der Waals surface area contributed by atoms with Crippen LogP contribution in [0.2, 0.25) is 0 Å². The van der Waals surface area contributed by atoms with Crippen LogP contribution in [0.1, 0.15) is 31.8 Å². The topological polar surface area (TPSA) is 76.1 Å². The average molecular weight is 343 g/mol.